The van der Waals surface area contributed by atoms with Crippen LogP contribution in [-0.4, -0.2) is 28.5 Å². The Labute approximate surface area is 106 Å². The smallest absolute Gasteiger partial charge is 0.251 e. The first-order valence-corrected chi connectivity index (χ1v) is 6.40. The van der Waals surface area contributed by atoms with Gasteiger partial charge in [-0.2, -0.15) is 0 Å². The molecule has 0 saturated carbocycles. The molecule has 1 aromatic heterocycles. The summed E-state index contributed by atoms with van der Waals surface area (Å²) in [6.07, 6.45) is 6.00. The van der Waals surface area contributed by atoms with Gasteiger partial charge in [0.2, 0.25) is 5.91 Å². The molecule has 2 rings (SSSR count). The van der Waals surface area contributed by atoms with Gasteiger partial charge in [-0.15, -0.1) is 0 Å². The number of nitrogens with zero attached hydrogens (tertiary/aromatic N) is 2. The Balaban J connectivity index is 2.05. The maximum Gasteiger partial charge on any atom is 0.251 e. The van der Waals surface area contributed by atoms with Gasteiger partial charge in [0.05, 0.1) is 0 Å². The van der Waals surface area contributed by atoms with E-state index in [0.29, 0.717) is 5.69 Å². The van der Waals surface area contributed by atoms with E-state index in [2.05, 4.69) is 0 Å². The van der Waals surface area contributed by atoms with E-state index in [-0.39, 0.29) is 18.0 Å². The van der Waals surface area contributed by atoms with Gasteiger partial charge in [-0.1, -0.05) is 12.8 Å². The molecule has 1 fully saturated rings. The van der Waals surface area contributed by atoms with E-state index >= 15 is 0 Å². The number of pyridine rings is 1. The number of likely N-dealkylation sites (tertiary alicyclic amines) is 1. The SMILES string of the molecule is Nc1ccc(=O)n(CC(=O)N2CCCCCC2)c1. The van der Waals surface area contributed by atoms with Gasteiger partial charge in [0.25, 0.3) is 5.56 Å². The lowest BCUT2D eigenvalue weighted by Gasteiger charge is -2.20. The van der Waals surface area contributed by atoms with Crippen LogP contribution in [0.1, 0.15) is 25.7 Å². The fourth-order valence-corrected chi connectivity index (χ4v) is 2.24. The van der Waals surface area contributed by atoms with Crippen LogP contribution in [0.25, 0.3) is 0 Å². The zero-order chi connectivity index (χ0) is 13.0. The van der Waals surface area contributed by atoms with Gasteiger partial charge >= 0.3 is 0 Å². The molecular weight excluding hydrogens is 230 g/mol. The number of carbonyl (C=O) groups excluding carboxylic acids is 1. The fourth-order valence-electron chi connectivity index (χ4n) is 2.24. The average molecular weight is 249 g/mol. The molecule has 1 aromatic rings. The number of hydrogen-bond donors (Lipinski definition) is 1. The number of hydrogen-bond acceptors (Lipinski definition) is 3. The molecule has 0 atom stereocenters. The van der Waals surface area contributed by atoms with Crippen molar-refractivity contribution >= 4 is 11.6 Å². The van der Waals surface area contributed by atoms with Gasteiger partial charge in [-0.3, -0.25) is 9.59 Å². The van der Waals surface area contributed by atoms with E-state index in [1.165, 1.54) is 29.7 Å². The van der Waals surface area contributed by atoms with Crippen LogP contribution in [0.2, 0.25) is 0 Å². The third-order valence-corrected chi connectivity index (χ3v) is 3.27. The largest absolute Gasteiger partial charge is 0.398 e. The molecule has 1 aliphatic heterocycles. The van der Waals surface area contributed by atoms with Crippen molar-refractivity contribution in [2.75, 3.05) is 18.8 Å². The van der Waals surface area contributed by atoms with Crippen LogP contribution in [0, 0.1) is 0 Å². The molecule has 0 bridgehead atoms. The van der Waals surface area contributed by atoms with Crippen LogP contribution in [0.3, 0.4) is 0 Å². The lowest BCUT2D eigenvalue weighted by atomic mass is 10.2. The first kappa shape index (κ1) is 12.7. The summed E-state index contributed by atoms with van der Waals surface area (Å²) in [6.45, 7) is 1.69. The van der Waals surface area contributed by atoms with E-state index < -0.39 is 0 Å². The summed E-state index contributed by atoms with van der Waals surface area (Å²) in [5.41, 5.74) is 5.93. The Morgan fingerprint density at radius 3 is 2.50 bits per heavy atom. The Morgan fingerprint density at radius 2 is 1.83 bits per heavy atom. The van der Waals surface area contributed by atoms with Crippen LogP contribution in [0.5, 0.6) is 0 Å². The quantitative estimate of drug-likeness (QED) is 0.844. The van der Waals surface area contributed by atoms with Crippen molar-refractivity contribution in [3.05, 3.63) is 28.7 Å². The molecule has 0 spiro atoms. The summed E-state index contributed by atoms with van der Waals surface area (Å²) in [4.78, 5) is 25.6. The summed E-state index contributed by atoms with van der Waals surface area (Å²) in [5, 5.41) is 0. The molecule has 18 heavy (non-hydrogen) atoms. The van der Waals surface area contributed by atoms with Crippen molar-refractivity contribution in [2.24, 2.45) is 0 Å². The molecule has 1 aliphatic rings. The van der Waals surface area contributed by atoms with Crippen molar-refractivity contribution in [2.45, 2.75) is 32.2 Å². The highest BCUT2D eigenvalue weighted by atomic mass is 16.2. The van der Waals surface area contributed by atoms with Gasteiger partial charge < -0.3 is 15.2 Å². The molecule has 1 saturated heterocycles. The minimum absolute atomic E-state index is 0.00426. The first-order chi connectivity index (χ1) is 8.66. The second-order valence-corrected chi connectivity index (χ2v) is 4.72. The molecule has 2 heterocycles. The molecule has 5 nitrogen and oxygen atoms in total. The van der Waals surface area contributed by atoms with E-state index in [9.17, 15) is 9.59 Å². The van der Waals surface area contributed by atoms with Crippen LogP contribution in [0.15, 0.2) is 23.1 Å². The molecule has 1 amide bonds. The zero-order valence-corrected chi connectivity index (χ0v) is 10.5. The molecule has 0 aliphatic carbocycles. The van der Waals surface area contributed by atoms with E-state index in [1.54, 1.807) is 6.07 Å². The Kier molecular flexibility index (Phi) is 4.02. The maximum absolute atomic E-state index is 12.1. The van der Waals surface area contributed by atoms with E-state index in [4.69, 9.17) is 5.73 Å². The van der Waals surface area contributed by atoms with E-state index in [0.717, 1.165) is 25.9 Å². The van der Waals surface area contributed by atoms with Crippen LogP contribution in [0.4, 0.5) is 5.69 Å². The van der Waals surface area contributed by atoms with Crippen LogP contribution in [-0.2, 0) is 11.3 Å². The topological polar surface area (TPSA) is 68.3 Å². The Bertz CT molecular complexity index is 473. The molecular formula is C13H19N3O2. The molecule has 98 valence electrons. The van der Waals surface area contributed by atoms with Crippen LogP contribution >= 0.6 is 0 Å². The van der Waals surface area contributed by atoms with Gasteiger partial charge in [-0.05, 0) is 18.9 Å². The number of carbonyl (C=O) groups is 1. The molecule has 0 radical (unpaired) electrons. The monoisotopic (exact) mass is 249 g/mol. The number of amides is 1. The van der Waals surface area contributed by atoms with E-state index in [1.807, 2.05) is 4.90 Å². The van der Waals surface area contributed by atoms with Gasteiger partial charge in [-0.25, -0.2) is 0 Å². The number of rotatable bonds is 2. The number of nitrogens with two attached hydrogens (primary N) is 1. The molecule has 2 N–H and O–H groups in total. The second kappa shape index (κ2) is 5.71. The summed E-state index contributed by atoms with van der Waals surface area (Å²) >= 11 is 0. The minimum atomic E-state index is -0.188. The third-order valence-electron chi connectivity index (χ3n) is 3.27. The summed E-state index contributed by atoms with van der Waals surface area (Å²) in [7, 11) is 0. The summed E-state index contributed by atoms with van der Waals surface area (Å²) in [5.74, 6) is 0.00426. The van der Waals surface area contributed by atoms with Gasteiger partial charge in [0.1, 0.15) is 6.54 Å². The normalized spacial score (nSPS) is 16.3. The Morgan fingerprint density at radius 1 is 1.17 bits per heavy atom. The highest BCUT2D eigenvalue weighted by Gasteiger charge is 2.16. The Hall–Kier alpha value is -1.78. The number of nitrogen functional groups attached to an aromatic ring is 1. The summed E-state index contributed by atoms with van der Waals surface area (Å²) < 4.78 is 1.38. The molecule has 5 heteroatoms. The molecule has 0 unspecified atom stereocenters. The fraction of sp³-hybridized carbons (Fsp3) is 0.538. The summed E-state index contributed by atoms with van der Waals surface area (Å²) in [6, 6.07) is 2.94. The number of aromatic nitrogens is 1. The van der Waals surface area contributed by atoms with Gasteiger partial charge in [0.15, 0.2) is 0 Å². The van der Waals surface area contributed by atoms with Crippen molar-refractivity contribution in [3.8, 4) is 0 Å². The third kappa shape index (κ3) is 3.12. The van der Waals surface area contributed by atoms with Crippen molar-refractivity contribution in [1.29, 1.82) is 0 Å². The molecule has 0 aromatic carbocycles. The van der Waals surface area contributed by atoms with Crippen LogP contribution < -0.4 is 11.3 Å². The minimum Gasteiger partial charge on any atom is -0.398 e. The lowest BCUT2D eigenvalue weighted by Crippen LogP contribution is -2.36. The standard InChI is InChI=1S/C13H19N3O2/c14-11-5-6-12(17)16(9-11)10-13(18)15-7-3-1-2-4-8-15/h5-6,9H,1-4,7-8,10,14H2. The first-order valence-electron chi connectivity index (χ1n) is 6.40. The average Bonchev–Trinajstić information content (AvgIpc) is 2.62. The number of anilines is 1. The highest BCUT2D eigenvalue weighted by Crippen LogP contribution is 2.10. The maximum atomic E-state index is 12.1. The van der Waals surface area contributed by atoms with Crippen molar-refractivity contribution in [3.63, 3.8) is 0 Å². The van der Waals surface area contributed by atoms with Crippen molar-refractivity contribution in [1.82, 2.24) is 9.47 Å². The zero-order valence-electron chi connectivity index (χ0n) is 10.5. The van der Waals surface area contributed by atoms with Crippen molar-refractivity contribution < 1.29 is 4.79 Å². The van der Waals surface area contributed by atoms with Gasteiger partial charge in [0, 0.05) is 31.0 Å². The predicted octanol–water partition coefficient (Wildman–Crippen LogP) is 0.833. The predicted molar refractivity (Wildman–Crippen MR) is 70.2 cm³/mol. The second-order valence-electron chi connectivity index (χ2n) is 4.72. The highest BCUT2D eigenvalue weighted by molar-refractivity contribution is 5.76. The lowest BCUT2D eigenvalue weighted by molar-refractivity contribution is -0.131.